The van der Waals surface area contributed by atoms with Crippen LogP contribution in [-0.2, 0) is 15.0 Å². The number of benzene rings is 1. The van der Waals surface area contributed by atoms with Crippen molar-refractivity contribution in [3.05, 3.63) is 42.6 Å². The van der Waals surface area contributed by atoms with Crippen molar-refractivity contribution in [3.63, 3.8) is 0 Å². The SMILES string of the molecule is CC(=O)Nc1cccc(Nc2ccc(NS(=O)(=O)N(C)C)cn2)c1. The number of hydrogen-bond donors (Lipinski definition) is 3. The number of nitrogens with one attached hydrogen (secondary N) is 3. The molecule has 0 aliphatic carbocycles. The first-order valence-corrected chi connectivity index (χ1v) is 8.51. The summed E-state index contributed by atoms with van der Waals surface area (Å²) in [5, 5.41) is 5.78. The largest absolute Gasteiger partial charge is 0.340 e. The predicted molar refractivity (Wildman–Crippen MR) is 94.5 cm³/mol. The minimum Gasteiger partial charge on any atom is -0.340 e. The molecule has 2 rings (SSSR count). The quantitative estimate of drug-likeness (QED) is 0.740. The molecule has 0 fully saturated rings. The third-order valence-electron chi connectivity index (χ3n) is 2.95. The molecule has 24 heavy (non-hydrogen) atoms. The molecule has 1 amide bonds. The first-order chi connectivity index (χ1) is 11.3. The summed E-state index contributed by atoms with van der Waals surface area (Å²) in [6, 6.07) is 10.4. The van der Waals surface area contributed by atoms with E-state index in [1.807, 2.05) is 6.07 Å². The van der Waals surface area contributed by atoms with E-state index in [-0.39, 0.29) is 5.91 Å². The van der Waals surface area contributed by atoms with Gasteiger partial charge in [-0.25, -0.2) is 4.98 Å². The lowest BCUT2D eigenvalue weighted by Gasteiger charge is -2.13. The van der Waals surface area contributed by atoms with Crippen LogP contribution in [0.2, 0.25) is 0 Å². The summed E-state index contributed by atoms with van der Waals surface area (Å²) in [6.45, 7) is 1.44. The zero-order chi connectivity index (χ0) is 17.7. The standard InChI is InChI=1S/C15H19N5O3S/c1-11(21)17-12-5-4-6-13(9-12)18-15-8-7-14(10-16-15)19-24(22,23)20(2)3/h4-10,19H,1-3H3,(H,16,18)(H,17,21). The number of hydrogen-bond acceptors (Lipinski definition) is 5. The van der Waals surface area contributed by atoms with Crippen LogP contribution in [0.4, 0.5) is 22.9 Å². The van der Waals surface area contributed by atoms with Gasteiger partial charge < -0.3 is 10.6 Å². The van der Waals surface area contributed by atoms with E-state index in [0.717, 1.165) is 9.99 Å². The third kappa shape index (κ3) is 4.93. The zero-order valence-electron chi connectivity index (χ0n) is 13.6. The molecule has 1 heterocycles. The van der Waals surface area contributed by atoms with Gasteiger partial charge in [-0.15, -0.1) is 0 Å². The highest BCUT2D eigenvalue weighted by molar-refractivity contribution is 7.90. The van der Waals surface area contributed by atoms with Crippen molar-refractivity contribution in [1.29, 1.82) is 0 Å². The van der Waals surface area contributed by atoms with Crippen LogP contribution in [-0.4, -0.2) is 37.7 Å². The fraction of sp³-hybridized carbons (Fsp3) is 0.200. The third-order valence-corrected chi connectivity index (χ3v) is 4.40. The van der Waals surface area contributed by atoms with Crippen LogP contribution in [0, 0.1) is 0 Å². The smallest absolute Gasteiger partial charge is 0.301 e. The van der Waals surface area contributed by atoms with E-state index < -0.39 is 10.2 Å². The van der Waals surface area contributed by atoms with E-state index in [4.69, 9.17) is 0 Å². The first kappa shape index (κ1) is 17.7. The zero-order valence-corrected chi connectivity index (χ0v) is 14.4. The second-order valence-corrected chi connectivity index (χ2v) is 7.09. The Morgan fingerprint density at radius 3 is 2.38 bits per heavy atom. The summed E-state index contributed by atoms with van der Waals surface area (Å²) in [4.78, 5) is 15.2. The van der Waals surface area contributed by atoms with Gasteiger partial charge in [-0.3, -0.25) is 9.52 Å². The Hall–Kier alpha value is -2.65. The van der Waals surface area contributed by atoms with Gasteiger partial charge in [0.2, 0.25) is 5.91 Å². The summed E-state index contributed by atoms with van der Waals surface area (Å²) in [7, 11) is -0.681. The maximum absolute atomic E-state index is 11.7. The van der Waals surface area contributed by atoms with Gasteiger partial charge in [0.15, 0.2) is 0 Å². The van der Waals surface area contributed by atoms with Crippen LogP contribution in [0.25, 0.3) is 0 Å². The second kappa shape index (κ2) is 7.28. The fourth-order valence-electron chi connectivity index (χ4n) is 1.79. The molecule has 0 spiro atoms. The van der Waals surface area contributed by atoms with Gasteiger partial charge in [0.05, 0.1) is 11.9 Å². The number of carbonyl (C=O) groups is 1. The van der Waals surface area contributed by atoms with E-state index in [0.29, 0.717) is 17.2 Å². The molecule has 0 radical (unpaired) electrons. The van der Waals surface area contributed by atoms with E-state index in [1.54, 1.807) is 30.3 Å². The van der Waals surface area contributed by atoms with Gasteiger partial charge in [0, 0.05) is 32.4 Å². The van der Waals surface area contributed by atoms with Gasteiger partial charge in [-0.1, -0.05) is 6.07 Å². The van der Waals surface area contributed by atoms with Crippen LogP contribution in [0.3, 0.4) is 0 Å². The molecule has 0 aliphatic heterocycles. The van der Waals surface area contributed by atoms with Crippen LogP contribution >= 0.6 is 0 Å². The maximum atomic E-state index is 11.7. The number of nitrogens with zero attached hydrogens (tertiary/aromatic N) is 2. The number of carbonyl (C=O) groups excluding carboxylic acids is 1. The summed E-state index contributed by atoms with van der Waals surface area (Å²) in [5.41, 5.74) is 1.78. The van der Waals surface area contributed by atoms with Crippen LogP contribution in [0.15, 0.2) is 42.6 Å². The van der Waals surface area contributed by atoms with Crippen molar-refractivity contribution >= 4 is 39.0 Å². The molecule has 0 saturated heterocycles. The minimum absolute atomic E-state index is 0.150. The highest BCUT2D eigenvalue weighted by atomic mass is 32.2. The van der Waals surface area contributed by atoms with Gasteiger partial charge in [-0.2, -0.15) is 12.7 Å². The average Bonchev–Trinajstić information content (AvgIpc) is 2.48. The lowest BCUT2D eigenvalue weighted by molar-refractivity contribution is -0.114. The lowest BCUT2D eigenvalue weighted by atomic mass is 10.2. The maximum Gasteiger partial charge on any atom is 0.301 e. The Labute approximate surface area is 141 Å². The molecule has 0 atom stereocenters. The Kier molecular flexibility index (Phi) is 5.37. The molecule has 0 aliphatic rings. The Morgan fingerprint density at radius 1 is 1.08 bits per heavy atom. The monoisotopic (exact) mass is 349 g/mol. The molecule has 2 aromatic rings. The number of amides is 1. The molecule has 0 bridgehead atoms. The molecule has 0 unspecified atom stereocenters. The normalized spacial score (nSPS) is 11.2. The predicted octanol–water partition coefficient (Wildman–Crippen LogP) is 2.00. The summed E-state index contributed by atoms with van der Waals surface area (Å²) in [6.07, 6.45) is 1.42. The average molecular weight is 349 g/mol. The molecule has 1 aromatic heterocycles. The van der Waals surface area contributed by atoms with E-state index in [1.165, 1.54) is 27.2 Å². The molecule has 9 heteroatoms. The highest BCUT2D eigenvalue weighted by Crippen LogP contribution is 2.20. The van der Waals surface area contributed by atoms with Gasteiger partial charge in [-0.05, 0) is 30.3 Å². The van der Waals surface area contributed by atoms with Crippen molar-refractivity contribution in [1.82, 2.24) is 9.29 Å². The molecular weight excluding hydrogens is 330 g/mol. The van der Waals surface area contributed by atoms with Crippen molar-refractivity contribution in [3.8, 4) is 0 Å². The van der Waals surface area contributed by atoms with Gasteiger partial charge >= 0.3 is 10.2 Å². The van der Waals surface area contributed by atoms with Crippen molar-refractivity contribution in [2.45, 2.75) is 6.92 Å². The topological polar surface area (TPSA) is 103 Å². The van der Waals surface area contributed by atoms with Crippen molar-refractivity contribution in [2.24, 2.45) is 0 Å². The van der Waals surface area contributed by atoms with Crippen LogP contribution < -0.4 is 15.4 Å². The Morgan fingerprint density at radius 2 is 1.79 bits per heavy atom. The van der Waals surface area contributed by atoms with E-state index in [2.05, 4.69) is 20.3 Å². The van der Waals surface area contributed by atoms with Crippen molar-refractivity contribution in [2.75, 3.05) is 29.5 Å². The number of aromatic nitrogens is 1. The summed E-state index contributed by atoms with van der Waals surface area (Å²) in [5.74, 6) is 0.394. The van der Waals surface area contributed by atoms with Crippen LogP contribution in [0.5, 0.6) is 0 Å². The number of rotatable bonds is 6. The van der Waals surface area contributed by atoms with Gasteiger partial charge in [0.25, 0.3) is 0 Å². The molecule has 1 aromatic carbocycles. The summed E-state index contributed by atoms with van der Waals surface area (Å²) >= 11 is 0. The second-order valence-electron chi connectivity index (χ2n) is 5.21. The lowest BCUT2D eigenvalue weighted by Crippen LogP contribution is -2.28. The molecular formula is C15H19N5O3S. The van der Waals surface area contributed by atoms with E-state index in [9.17, 15) is 13.2 Å². The Bertz CT molecular complexity index is 819. The number of anilines is 4. The van der Waals surface area contributed by atoms with Crippen molar-refractivity contribution < 1.29 is 13.2 Å². The summed E-state index contributed by atoms with van der Waals surface area (Å²) < 4.78 is 27.0. The minimum atomic E-state index is -3.56. The van der Waals surface area contributed by atoms with Gasteiger partial charge in [0.1, 0.15) is 5.82 Å². The molecule has 0 saturated carbocycles. The molecule has 8 nitrogen and oxygen atoms in total. The molecule has 3 N–H and O–H groups in total. The van der Waals surface area contributed by atoms with E-state index >= 15 is 0 Å². The fourth-order valence-corrected chi connectivity index (χ4v) is 2.40. The highest BCUT2D eigenvalue weighted by Gasteiger charge is 2.12. The van der Waals surface area contributed by atoms with Crippen LogP contribution in [0.1, 0.15) is 6.92 Å². The Balaban J connectivity index is 2.08. The first-order valence-electron chi connectivity index (χ1n) is 7.07. The molecule has 128 valence electrons. The number of pyridine rings is 1.